The molecule has 2 aromatic carbocycles. The largest absolute Gasteiger partial charge is 0.494 e. The van der Waals surface area contributed by atoms with E-state index in [0.717, 1.165) is 34.3 Å². The van der Waals surface area contributed by atoms with Crippen molar-refractivity contribution in [2.45, 2.75) is 12.8 Å². The third-order valence-corrected chi connectivity index (χ3v) is 4.38. The van der Waals surface area contributed by atoms with Crippen LogP contribution >= 0.6 is 34.2 Å². The molecule has 23 heavy (non-hydrogen) atoms. The van der Waals surface area contributed by atoms with E-state index < -0.39 is 0 Å². The maximum Gasteiger partial charge on any atom is 0.253 e. The number of carbonyl (C=O) groups excluding carboxylic acids is 1. The summed E-state index contributed by atoms with van der Waals surface area (Å²) in [5, 5.41) is 0.702. The average Bonchev–Trinajstić information content (AvgIpc) is 2.56. The summed E-state index contributed by atoms with van der Waals surface area (Å²) in [6.07, 6.45) is 1.80. The van der Waals surface area contributed by atoms with Crippen LogP contribution in [0, 0.1) is 3.57 Å². The van der Waals surface area contributed by atoms with E-state index in [4.69, 9.17) is 16.3 Å². The quantitative estimate of drug-likeness (QED) is 0.451. The molecule has 2 rings (SSSR count). The molecule has 0 heterocycles. The molecule has 0 fully saturated rings. The number of unbranched alkanes of at least 4 members (excludes halogenated alkanes) is 1. The third-order valence-electron chi connectivity index (χ3n) is 3.41. The number of rotatable bonds is 7. The Morgan fingerprint density at radius 2 is 1.74 bits per heavy atom. The van der Waals surface area contributed by atoms with Crippen molar-refractivity contribution in [1.29, 1.82) is 0 Å². The Hall–Kier alpha value is -1.27. The molecule has 0 spiro atoms. The number of carbonyl (C=O) groups is 1. The summed E-state index contributed by atoms with van der Waals surface area (Å²) in [5.41, 5.74) is 0.727. The molecule has 0 aliphatic carbocycles. The van der Waals surface area contributed by atoms with Crippen LogP contribution in [0.15, 0.2) is 48.5 Å². The van der Waals surface area contributed by atoms with Crippen LogP contribution in [0.2, 0.25) is 5.02 Å². The minimum atomic E-state index is 0.0556. The highest BCUT2D eigenvalue weighted by Crippen LogP contribution is 2.16. The van der Waals surface area contributed by atoms with E-state index in [9.17, 15) is 4.79 Å². The summed E-state index contributed by atoms with van der Waals surface area (Å²) in [5.74, 6) is 0.873. The summed E-state index contributed by atoms with van der Waals surface area (Å²) < 4.78 is 6.76. The topological polar surface area (TPSA) is 29.5 Å². The van der Waals surface area contributed by atoms with Crippen molar-refractivity contribution in [3.63, 3.8) is 0 Å². The lowest BCUT2D eigenvalue weighted by molar-refractivity contribution is 0.0791. The monoisotopic (exact) mass is 443 g/mol. The fraction of sp³-hybridized carbons (Fsp3) is 0.278. The molecule has 122 valence electrons. The summed E-state index contributed by atoms with van der Waals surface area (Å²) in [6.45, 7) is 1.35. The lowest BCUT2D eigenvalue weighted by Crippen LogP contribution is -2.27. The van der Waals surface area contributed by atoms with E-state index >= 15 is 0 Å². The van der Waals surface area contributed by atoms with Gasteiger partial charge in [-0.15, -0.1) is 0 Å². The molecule has 0 radical (unpaired) electrons. The van der Waals surface area contributed by atoms with Crippen molar-refractivity contribution >= 4 is 40.1 Å². The van der Waals surface area contributed by atoms with Crippen LogP contribution in [0.4, 0.5) is 0 Å². The zero-order valence-corrected chi connectivity index (χ0v) is 15.9. The molecular formula is C18H19ClINO2. The van der Waals surface area contributed by atoms with Gasteiger partial charge < -0.3 is 9.64 Å². The van der Waals surface area contributed by atoms with E-state index in [2.05, 4.69) is 22.6 Å². The van der Waals surface area contributed by atoms with Gasteiger partial charge in [0, 0.05) is 27.7 Å². The van der Waals surface area contributed by atoms with Gasteiger partial charge in [-0.25, -0.2) is 0 Å². The first-order valence-electron chi connectivity index (χ1n) is 7.45. The molecule has 0 saturated heterocycles. The Balaban J connectivity index is 1.68. The van der Waals surface area contributed by atoms with Crippen LogP contribution in [-0.4, -0.2) is 31.0 Å². The van der Waals surface area contributed by atoms with Crippen LogP contribution in [0.5, 0.6) is 5.75 Å². The normalized spacial score (nSPS) is 10.4. The molecular weight excluding hydrogens is 425 g/mol. The van der Waals surface area contributed by atoms with Crippen LogP contribution < -0.4 is 4.74 Å². The van der Waals surface area contributed by atoms with Gasteiger partial charge in [0.2, 0.25) is 0 Å². The van der Waals surface area contributed by atoms with Crippen molar-refractivity contribution in [1.82, 2.24) is 4.90 Å². The maximum absolute atomic E-state index is 12.3. The van der Waals surface area contributed by atoms with Gasteiger partial charge in [0.1, 0.15) is 5.75 Å². The molecule has 0 atom stereocenters. The van der Waals surface area contributed by atoms with Crippen LogP contribution in [0.3, 0.4) is 0 Å². The van der Waals surface area contributed by atoms with E-state index in [-0.39, 0.29) is 5.91 Å². The first-order valence-corrected chi connectivity index (χ1v) is 8.91. The van der Waals surface area contributed by atoms with Crippen molar-refractivity contribution in [2.75, 3.05) is 20.2 Å². The zero-order chi connectivity index (χ0) is 16.7. The van der Waals surface area contributed by atoms with Crippen LogP contribution in [0.25, 0.3) is 0 Å². The van der Waals surface area contributed by atoms with Crippen molar-refractivity contribution in [3.05, 3.63) is 62.7 Å². The Kier molecular flexibility index (Phi) is 7.17. The molecule has 0 bridgehead atoms. The highest BCUT2D eigenvalue weighted by Gasteiger charge is 2.10. The van der Waals surface area contributed by atoms with Gasteiger partial charge >= 0.3 is 0 Å². The van der Waals surface area contributed by atoms with Gasteiger partial charge in [-0.2, -0.15) is 0 Å². The molecule has 0 N–H and O–H groups in total. The predicted molar refractivity (Wildman–Crippen MR) is 102 cm³/mol. The Labute approximate surface area is 155 Å². The van der Waals surface area contributed by atoms with E-state index in [0.29, 0.717) is 11.6 Å². The fourth-order valence-corrected chi connectivity index (χ4v) is 2.57. The first-order chi connectivity index (χ1) is 11.1. The van der Waals surface area contributed by atoms with Crippen LogP contribution in [-0.2, 0) is 0 Å². The lowest BCUT2D eigenvalue weighted by Gasteiger charge is -2.17. The minimum absolute atomic E-state index is 0.0556. The molecule has 0 unspecified atom stereocenters. The van der Waals surface area contributed by atoms with Gasteiger partial charge in [-0.3, -0.25) is 4.79 Å². The lowest BCUT2D eigenvalue weighted by atomic mass is 10.2. The second kappa shape index (κ2) is 9.13. The Morgan fingerprint density at radius 1 is 1.09 bits per heavy atom. The number of hydrogen-bond donors (Lipinski definition) is 0. The van der Waals surface area contributed by atoms with Crippen molar-refractivity contribution in [3.8, 4) is 5.75 Å². The molecule has 1 amide bonds. The number of nitrogens with zero attached hydrogens (tertiary/aromatic N) is 1. The first kappa shape index (κ1) is 18.1. The standard InChI is InChI=1S/C18H19ClINO2/c1-21(18(22)14-4-8-16(20)9-5-14)12-2-3-13-23-17-10-6-15(19)7-11-17/h4-11H,2-3,12-13H2,1H3. The van der Waals surface area contributed by atoms with Crippen molar-refractivity contribution in [2.24, 2.45) is 0 Å². The van der Waals surface area contributed by atoms with Crippen LogP contribution in [0.1, 0.15) is 23.2 Å². The fourth-order valence-electron chi connectivity index (χ4n) is 2.09. The second-order valence-electron chi connectivity index (χ2n) is 5.24. The van der Waals surface area contributed by atoms with Gasteiger partial charge in [-0.1, -0.05) is 11.6 Å². The Morgan fingerprint density at radius 3 is 2.39 bits per heavy atom. The summed E-state index contributed by atoms with van der Waals surface area (Å²) in [6, 6.07) is 15.0. The molecule has 0 aliphatic heterocycles. The number of ether oxygens (including phenoxy) is 1. The number of halogens is 2. The van der Waals surface area contributed by atoms with E-state index in [1.54, 1.807) is 4.90 Å². The minimum Gasteiger partial charge on any atom is -0.494 e. The maximum atomic E-state index is 12.3. The molecule has 0 aromatic heterocycles. The third kappa shape index (κ3) is 6.03. The van der Waals surface area contributed by atoms with E-state index in [1.165, 1.54) is 0 Å². The number of benzene rings is 2. The highest BCUT2D eigenvalue weighted by atomic mass is 127. The number of amides is 1. The van der Waals surface area contributed by atoms with E-state index in [1.807, 2.05) is 55.6 Å². The van der Waals surface area contributed by atoms with Gasteiger partial charge in [0.15, 0.2) is 0 Å². The molecule has 2 aromatic rings. The van der Waals surface area contributed by atoms with Gasteiger partial charge in [0.05, 0.1) is 6.61 Å². The zero-order valence-electron chi connectivity index (χ0n) is 13.0. The molecule has 3 nitrogen and oxygen atoms in total. The van der Waals surface area contributed by atoms with Gasteiger partial charge in [-0.05, 0) is 84.0 Å². The molecule has 0 aliphatic rings. The Bertz CT molecular complexity index is 628. The molecule has 0 saturated carbocycles. The van der Waals surface area contributed by atoms with Gasteiger partial charge in [0.25, 0.3) is 5.91 Å². The highest BCUT2D eigenvalue weighted by molar-refractivity contribution is 14.1. The van der Waals surface area contributed by atoms with Crippen molar-refractivity contribution < 1.29 is 9.53 Å². The summed E-state index contributed by atoms with van der Waals surface area (Å²) in [4.78, 5) is 14.0. The number of hydrogen-bond acceptors (Lipinski definition) is 2. The predicted octanol–water partition coefficient (Wildman–Crippen LogP) is 4.88. The summed E-state index contributed by atoms with van der Waals surface area (Å²) in [7, 11) is 1.83. The smallest absolute Gasteiger partial charge is 0.253 e. The SMILES string of the molecule is CN(CCCCOc1ccc(Cl)cc1)C(=O)c1ccc(I)cc1. The summed E-state index contributed by atoms with van der Waals surface area (Å²) >= 11 is 8.06. The molecule has 5 heteroatoms. The second-order valence-corrected chi connectivity index (χ2v) is 6.93. The average molecular weight is 444 g/mol.